The summed E-state index contributed by atoms with van der Waals surface area (Å²) in [6.45, 7) is 1.56. The highest BCUT2D eigenvalue weighted by atomic mass is 79.9. The Balaban J connectivity index is 2.57. The van der Waals surface area contributed by atoms with Gasteiger partial charge in [-0.1, -0.05) is 6.07 Å². The smallest absolute Gasteiger partial charge is 0.295 e. The zero-order valence-electron chi connectivity index (χ0n) is 9.45. The quantitative estimate of drug-likeness (QED) is 0.697. The summed E-state index contributed by atoms with van der Waals surface area (Å²) in [4.78, 5) is 10.6. The van der Waals surface area contributed by atoms with Gasteiger partial charge in [-0.2, -0.15) is 5.10 Å². The van der Waals surface area contributed by atoms with Gasteiger partial charge in [0.2, 0.25) is 0 Å². The van der Waals surface area contributed by atoms with E-state index in [-0.39, 0.29) is 5.69 Å². The zero-order valence-corrected chi connectivity index (χ0v) is 11.0. The number of hydrogen-bond acceptors (Lipinski definition) is 4. The fraction of sp³-hybridized carbons (Fsp3) is 0.182. The van der Waals surface area contributed by atoms with Gasteiger partial charge in [0.1, 0.15) is 5.69 Å². The number of rotatable bonds is 3. The summed E-state index contributed by atoms with van der Waals surface area (Å²) in [5.74, 6) is 0. The lowest BCUT2D eigenvalue weighted by Gasteiger charge is -2.07. The number of aliphatic hydroxyl groups excluding tert-OH is 1. The van der Waals surface area contributed by atoms with Crippen LogP contribution in [0.15, 0.2) is 35.1 Å². The number of hydrogen-bond donors (Lipinski definition) is 1. The van der Waals surface area contributed by atoms with E-state index in [1.54, 1.807) is 31.5 Å². The van der Waals surface area contributed by atoms with Crippen molar-refractivity contribution in [1.82, 2.24) is 9.78 Å². The molecule has 1 heterocycles. The molecule has 2 aromatic rings. The molecule has 94 valence electrons. The molecule has 0 unspecified atom stereocenters. The van der Waals surface area contributed by atoms with Crippen LogP contribution in [0.4, 0.5) is 5.69 Å². The Labute approximate surface area is 111 Å². The van der Waals surface area contributed by atoms with E-state index in [2.05, 4.69) is 21.0 Å². The molecular weight excluding hydrogens is 302 g/mol. The van der Waals surface area contributed by atoms with Crippen molar-refractivity contribution in [3.05, 3.63) is 50.7 Å². The van der Waals surface area contributed by atoms with Crippen LogP contribution in [0.25, 0.3) is 5.69 Å². The summed E-state index contributed by atoms with van der Waals surface area (Å²) in [6, 6.07) is 4.57. The van der Waals surface area contributed by atoms with E-state index in [0.717, 1.165) is 4.47 Å². The third-order valence-corrected chi connectivity index (χ3v) is 2.89. The van der Waals surface area contributed by atoms with Gasteiger partial charge in [-0.25, -0.2) is 4.68 Å². The highest BCUT2D eigenvalue weighted by molar-refractivity contribution is 9.10. The minimum atomic E-state index is -0.748. The second-order valence-corrected chi connectivity index (χ2v) is 4.70. The number of benzene rings is 1. The first kappa shape index (κ1) is 12.7. The summed E-state index contributed by atoms with van der Waals surface area (Å²) in [6.07, 6.45) is 2.43. The van der Waals surface area contributed by atoms with Crippen LogP contribution < -0.4 is 0 Å². The van der Waals surface area contributed by atoms with E-state index in [1.165, 1.54) is 10.7 Å². The molecule has 0 radical (unpaired) electrons. The average molecular weight is 312 g/mol. The Hall–Kier alpha value is -1.73. The monoisotopic (exact) mass is 311 g/mol. The molecule has 1 aromatic heterocycles. The summed E-state index contributed by atoms with van der Waals surface area (Å²) < 4.78 is 2.14. The first-order valence-electron chi connectivity index (χ1n) is 5.16. The highest BCUT2D eigenvalue weighted by Crippen LogP contribution is 2.27. The molecule has 18 heavy (non-hydrogen) atoms. The van der Waals surface area contributed by atoms with Crippen molar-refractivity contribution < 1.29 is 10.0 Å². The molecule has 0 saturated heterocycles. The Kier molecular flexibility index (Phi) is 3.44. The lowest BCUT2D eigenvalue weighted by Crippen LogP contribution is -2.02. The maximum atomic E-state index is 11.0. The van der Waals surface area contributed by atoms with E-state index in [0.29, 0.717) is 11.3 Å². The zero-order chi connectivity index (χ0) is 13.3. The normalized spacial score (nSPS) is 12.4. The molecule has 1 N–H and O–H groups in total. The number of aromatic nitrogens is 2. The average Bonchev–Trinajstić information content (AvgIpc) is 2.74. The third kappa shape index (κ3) is 2.41. The molecule has 0 aliphatic rings. The number of nitrogens with zero attached hydrogens (tertiary/aromatic N) is 3. The number of halogens is 1. The van der Waals surface area contributed by atoms with Crippen molar-refractivity contribution in [2.24, 2.45) is 0 Å². The van der Waals surface area contributed by atoms with Gasteiger partial charge < -0.3 is 5.11 Å². The van der Waals surface area contributed by atoms with E-state index in [4.69, 9.17) is 0 Å². The van der Waals surface area contributed by atoms with Crippen LogP contribution in [0.5, 0.6) is 0 Å². The Bertz CT molecular complexity index is 595. The van der Waals surface area contributed by atoms with Crippen molar-refractivity contribution in [1.29, 1.82) is 0 Å². The van der Waals surface area contributed by atoms with Gasteiger partial charge in [-0.3, -0.25) is 10.1 Å². The largest absolute Gasteiger partial charge is 0.389 e. The highest BCUT2D eigenvalue weighted by Gasteiger charge is 2.18. The Morgan fingerprint density at radius 3 is 2.78 bits per heavy atom. The van der Waals surface area contributed by atoms with Crippen LogP contribution in [0.2, 0.25) is 0 Å². The summed E-state index contributed by atoms with van der Waals surface area (Å²) in [7, 11) is 0. The number of nitro benzene ring substituents is 1. The topological polar surface area (TPSA) is 81.2 Å². The lowest BCUT2D eigenvalue weighted by molar-refractivity contribution is -0.384. The minimum Gasteiger partial charge on any atom is -0.389 e. The van der Waals surface area contributed by atoms with Gasteiger partial charge >= 0.3 is 0 Å². The molecule has 1 aromatic carbocycles. The molecular formula is C11H10BrN3O3. The SMILES string of the molecule is C[C@H](O)c1ccc(-n2cc(Br)cn2)c([N+](=O)[O-])c1. The summed E-state index contributed by atoms with van der Waals surface area (Å²) in [5.41, 5.74) is 0.760. The molecule has 0 amide bonds. The molecule has 2 rings (SSSR count). The molecule has 1 atom stereocenters. The third-order valence-electron chi connectivity index (χ3n) is 2.48. The predicted octanol–water partition coefficient (Wildman–Crippen LogP) is 2.60. The second kappa shape index (κ2) is 4.87. The van der Waals surface area contributed by atoms with Gasteiger partial charge in [0.25, 0.3) is 5.69 Å². The van der Waals surface area contributed by atoms with Gasteiger partial charge in [0.15, 0.2) is 0 Å². The predicted molar refractivity (Wildman–Crippen MR) is 68.6 cm³/mol. The van der Waals surface area contributed by atoms with Crippen molar-refractivity contribution in [3.8, 4) is 5.69 Å². The molecule has 0 aliphatic heterocycles. The van der Waals surface area contributed by atoms with Crippen LogP contribution in [0.1, 0.15) is 18.6 Å². The van der Waals surface area contributed by atoms with Gasteiger partial charge in [-0.05, 0) is 34.5 Å². The Morgan fingerprint density at radius 1 is 1.56 bits per heavy atom. The fourth-order valence-corrected chi connectivity index (χ4v) is 1.86. The summed E-state index contributed by atoms with van der Waals surface area (Å²) >= 11 is 3.24. The van der Waals surface area contributed by atoms with Crippen LogP contribution in [-0.4, -0.2) is 19.8 Å². The first-order chi connectivity index (χ1) is 8.49. The standard InChI is InChI=1S/C11H10BrN3O3/c1-7(16)8-2-3-10(11(4-8)15(17)18)14-6-9(12)5-13-14/h2-7,16H,1H3/t7-/m0/s1. The lowest BCUT2D eigenvalue weighted by atomic mass is 10.1. The van der Waals surface area contributed by atoms with Crippen LogP contribution in [0.3, 0.4) is 0 Å². The second-order valence-electron chi connectivity index (χ2n) is 3.78. The molecule has 7 heteroatoms. The number of nitro groups is 1. The first-order valence-corrected chi connectivity index (χ1v) is 5.95. The fourth-order valence-electron chi connectivity index (χ4n) is 1.57. The van der Waals surface area contributed by atoms with Gasteiger partial charge in [-0.15, -0.1) is 0 Å². The van der Waals surface area contributed by atoms with E-state index in [9.17, 15) is 15.2 Å². The van der Waals surface area contributed by atoms with Crippen molar-refractivity contribution >= 4 is 21.6 Å². The Morgan fingerprint density at radius 2 is 2.28 bits per heavy atom. The molecule has 0 saturated carbocycles. The van der Waals surface area contributed by atoms with E-state index >= 15 is 0 Å². The summed E-state index contributed by atoms with van der Waals surface area (Å²) in [5, 5.41) is 24.5. The number of aliphatic hydroxyl groups is 1. The minimum absolute atomic E-state index is 0.0935. The molecule has 0 bridgehead atoms. The van der Waals surface area contributed by atoms with Crippen molar-refractivity contribution in [3.63, 3.8) is 0 Å². The molecule has 0 aliphatic carbocycles. The maximum Gasteiger partial charge on any atom is 0.295 e. The van der Waals surface area contributed by atoms with Crippen molar-refractivity contribution in [2.45, 2.75) is 13.0 Å². The van der Waals surface area contributed by atoms with Crippen molar-refractivity contribution in [2.75, 3.05) is 0 Å². The van der Waals surface area contributed by atoms with E-state index in [1.807, 2.05) is 0 Å². The molecule has 0 fully saturated rings. The van der Waals surface area contributed by atoms with Crippen LogP contribution in [0, 0.1) is 10.1 Å². The molecule has 6 nitrogen and oxygen atoms in total. The van der Waals surface area contributed by atoms with E-state index < -0.39 is 11.0 Å². The van der Waals surface area contributed by atoms with Crippen LogP contribution in [-0.2, 0) is 0 Å². The van der Waals surface area contributed by atoms with Gasteiger partial charge in [0, 0.05) is 12.3 Å². The van der Waals surface area contributed by atoms with Gasteiger partial charge in [0.05, 0.1) is 21.7 Å². The van der Waals surface area contributed by atoms with Crippen LogP contribution >= 0.6 is 15.9 Å². The maximum absolute atomic E-state index is 11.0. The molecule has 0 spiro atoms.